The van der Waals surface area contributed by atoms with E-state index in [0.29, 0.717) is 16.6 Å². The summed E-state index contributed by atoms with van der Waals surface area (Å²) < 4.78 is 1.72. The predicted octanol–water partition coefficient (Wildman–Crippen LogP) is 4.05. The molecule has 6 aromatic rings. The average molecular weight is 348 g/mol. The van der Waals surface area contributed by atoms with E-state index in [-0.39, 0.29) is 5.56 Å². The molecule has 126 valence electrons. The van der Waals surface area contributed by atoms with Crippen molar-refractivity contribution in [3.05, 3.63) is 83.5 Å². The van der Waals surface area contributed by atoms with E-state index in [2.05, 4.69) is 33.2 Å². The van der Waals surface area contributed by atoms with E-state index in [1.54, 1.807) is 23.0 Å². The summed E-state index contributed by atoms with van der Waals surface area (Å²) in [6.45, 7) is 0. The summed E-state index contributed by atoms with van der Waals surface area (Å²) in [5, 5.41) is 2.02. The summed E-state index contributed by atoms with van der Waals surface area (Å²) in [7, 11) is 0. The molecule has 0 saturated carbocycles. The molecule has 5 nitrogen and oxygen atoms in total. The quantitative estimate of drug-likeness (QED) is 0.421. The van der Waals surface area contributed by atoms with Crippen LogP contribution in [-0.4, -0.2) is 19.4 Å². The maximum absolute atomic E-state index is 13.2. The highest BCUT2D eigenvalue weighted by Gasteiger charge is 2.19. The lowest BCUT2D eigenvalue weighted by Gasteiger charge is -2.03. The predicted molar refractivity (Wildman–Crippen MR) is 106 cm³/mol. The molecule has 4 heterocycles. The minimum atomic E-state index is -0.161. The Morgan fingerprint density at radius 2 is 1.44 bits per heavy atom. The first-order chi connectivity index (χ1) is 13.3. The Morgan fingerprint density at radius 1 is 0.667 bits per heavy atom. The smallest absolute Gasteiger partial charge is 0.272 e. The third kappa shape index (κ3) is 1.83. The number of hydrogen-bond acceptors (Lipinski definition) is 4. The van der Waals surface area contributed by atoms with Crippen LogP contribution in [0.5, 0.6) is 0 Å². The van der Waals surface area contributed by atoms with E-state index in [1.807, 2.05) is 36.4 Å². The van der Waals surface area contributed by atoms with Crippen LogP contribution in [0.2, 0.25) is 0 Å². The van der Waals surface area contributed by atoms with E-state index in [0.717, 1.165) is 32.9 Å². The monoisotopic (exact) mass is 348 g/mol. The molecule has 0 aliphatic rings. The van der Waals surface area contributed by atoms with Gasteiger partial charge in [-0.2, -0.15) is 0 Å². The number of fused-ring (bicyclic) bond motifs is 5. The molecular formula is C22H12N4O. The van der Waals surface area contributed by atoms with E-state index < -0.39 is 0 Å². The van der Waals surface area contributed by atoms with Crippen molar-refractivity contribution in [1.82, 2.24) is 19.4 Å². The first-order valence-corrected chi connectivity index (χ1v) is 8.67. The lowest BCUT2D eigenvalue weighted by atomic mass is 10.0. The Labute approximate surface area is 152 Å². The van der Waals surface area contributed by atoms with Gasteiger partial charge in [-0.3, -0.25) is 19.2 Å². The molecule has 0 spiro atoms. The van der Waals surface area contributed by atoms with Crippen LogP contribution in [0.4, 0.5) is 0 Å². The van der Waals surface area contributed by atoms with Crippen molar-refractivity contribution in [2.75, 3.05) is 0 Å². The number of benzene rings is 2. The fraction of sp³-hybridized carbons (Fsp3) is 0. The number of rotatable bonds is 1. The lowest BCUT2D eigenvalue weighted by Crippen LogP contribution is -2.15. The number of pyridine rings is 2. The normalized spacial score (nSPS) is 11.9. The van der Waals surface area contributed by atoms with Crippen molar-refractivity contribution in [3.63, 3.8) is 0 Å². The molecule has 0 radical (unpaired) electrons. The van der Waals surface area contributed by atoms with Gasteiger partial charge >= 0.3 is 0 Å². The average Bonchev–Trinajstić information content (AvgIpc) is 3.07. The van der Waals surface area contributed by atoms with E-state index in [1.165, 1.54) is 0 Å². The first kappa shape index (κ1) is 14.3. The third-order valence-electron chi connectivity index (χ3n) is 5.11. The van der Waals surface area contributed by atoms with Gasteiger partial charge in [-0.15, -0.1) is 0 Å². The molecule has 0 atom stereocenters. The second-order valence-electron chi connectivity index (χ2n) is 6.55. The van der Waals surface area contributed by atoms with Crippen LogP contribution in [0, 0.1) is 0 Å². The number of hydrogen-bond donors (Lipinski definition) is 0. The lowest BCUT2D eigenvalue weighted by molar-refractivity contribution is 1.16. The summed E-state index contributed by atoms with van der Waals surface area (Å²) in [4.78, 5) is 26.3. The zero-order chi connectivity index (χ0) is 18.0. The van der Waals surface area contributed by atoms with E-state index >= 15 is 0 Å². The standard InChI is InChI=1S/C22H12N4O/c27-22-20-18(24-10-11-25-20)19-21-15(8-9-23-19)16-12-14(6-7-17(16)26(21)22)13-4-2-1-3-5-13/h1-12H. The van der Waals surface area contributed by atoms with Gasteiger partial charge in [0.05, 0.1) is 11.0 Å². The third-order valence-corrected chi connectivity index (χ3v) is 5.11. The summed E-state index contributed by atoms with van der Waals surface area (Å²) in [5.41, 5.74) is 5.35. The Kier molecular flexibility index (Phi) is 2.69. The molecule has 4 aromatic heterocycles. The van der Waals surface area contributed by atoms with Gasteiger partial charge in [0.15, 0.2) is 5.52 Å². The minimum Gasteiger partial charge on any atom is -0.272 e. The molecule has 0 bridgehead atoms. The topological polar surface area (TPSA) is 60.2 Å². The molecule has 0 unspecified atom stereocenters. The molecule has 0 aliphatic carbocycles. The van der Waals surface area contributed by atoms with Crippen LogP contribution in [0.15, 0.2) is 78.0 Å². The SMILES string of the molecule is O=c1c2nccnc2c2nccc3c4cc(-c5ccccc5)ccc4n1c32. The Balaban J connectivity index is 1.86. The second kappa shape index (κ2) is 5.08. The van der Waals surface area contributed by atoms with Gasteiger partial charge in [0.2, 0.25) is 0 Å². The Morgan fingerprint density at radius 3 is 2.30 bits per heavy atom. The zero-order valence-electron chi connectivity index (χ0n) is 14.1. The van der Waals surface area contributed by atoms with Crippen LogP contribution in [0.1, 0.15) is 0 Å². The molecule has 0 aliphatic heterocycles. The van der Waals surface area contributed by atoms with Crippen LogP contribution in [0.25, 0.3) is 49.5 Å². The van der Waals surface area contributed by atoms with Gasteiger partial charge in [-0.1, -0.05) is 36.4 Å². The van der Waals surface area contributed by atoms with Crippen molar-refractivity contribution < 1.29 is 0 Å². The molecule has 27 heavy (non-hydrogen) atoms. The van der Waals surface area contributed by atoms with Crippen molar-refractivity contribution in [2.24, 2.45) is 0 Å². The van der Waals surface area contributed by atoms with Crippen molar-refractivity contribution in [2.45, 2.75) is 0 Å². The summed E-state index contributed by atoms with van der Waals surface area (Å²) in [6.07, 6.45) is 4.91. The maximum atomic E-state index is 13.2. The molecule has 0 N–H and O–H groups in total. The second-order valence-corrected chi connectivity index (χ2v) is 6.55. The molecule has 0 fully saturated rings. The summed E-state index contributed by atoms with van der Waals surface area (Å²) in [6, 6.07) is 18.4. The maximum Gasteiger partial charge on any atom is 0.283 e. The van der Waals surface area contributed by atoms with E-state index in [9.17, 15) is 4.79 Å². The van der Waals surface area contributed by atoms with Crippen molar-refractivity contribution in [1.29, 1.82) is 0 Å². The minimum absolute atomic E-state index is 0.161. The van der Waals surface area contributed by atoms with Crippen molar-refractivity contribution in [3.8, 4) is 11.1 Å². The first-order valence-electron chi connectivity index (χ1n) is 8.67. The fourth-order valence-electron chi connectivity index (χ4n) is 3.93. The zero-order valence-corrected chi connectivity index (χ0v) is 14.1. The fourth-order valence-corrected chi connectivity index (χ4v) is 3.93. The molecule has 5 heteroatoms. The van der Waals surface area contributed by atoms with Gasteiger partial charge in [0.1, 0.15) is 11.0 Å². The Bertz CT molecular complexity index is 1540. The Hall–Kier alpha value is -3.86. The van der Waals surface area contributed by atoms with Crippen molar-refractivity contribution >= 4 is 38.4 Å². The summed E-state index contributed by atoms with van der Waals surface area (Å²) in [5.74, 6) is 0. The van der Waals surface area contributed by atoms with Gasteiger partial charge in [0, 0.05) is 29.4 Å². The van der Waals surface area contributed by atoms with Gasteiger partial charge < -0.3 is 0 Å². The largest absolute Gasteiger partial charge is 0.283 e. The molecule has 6 rings (SSSR count). The van der Waals surface area contributed by atoms with Crippen LogP contribution in [0.3, 0.4) is 0 Å². The molecule has 0 amide bonds. The van der Waals surface area contributed by atoms with Crippen LogP contribution in [-0.2, 0) is 0 Å². The highest BCUT2D eigenvalue weighted by atomic mass is 16.1. The molecular weight excluding hydrogens is 336 g/mol. The van der Waals surface area contributed by atoms with Crippen LogP contribution < -0.4 is 5.56 Å². The highest BCUT2D eigenvalue weighted by Crippen LogP contribution is 2.34. The number of aromatic nitrogens is 4. The van der Waals surface area contributed by atoms with Crippen LogP contribution >= 0.6 is 0 Å². The molecule has 0 saturated heterocycles. The van der Waals surface area contributed by atoms with Gasteiger partial charge in [-0.25, -0.2) is 4.98 Å². The van der Waals surface area contributed by atoms with Gasteiger partial charge in [0.25, 0.3) is 5.56 Å². The van der Waals surface area contributed by atoms with E-state index in [4.69, 9.17) is 0 Å². The molecule has 2 aromatic carbocycles. The highest BCUT2D eigenvalue weighted by molar-refractivity contribution is 6.18. The summed E-state index contributed by atoms with van der Waals surface area (Å²) >= 11 is 0. The van der Waals surface area contributed by atoms with Gasteiger partial charge in [-0.05, 0) is 29.3 Å². The number of nitrogens with zero attached hydrogens (tertiary/aromatic N) is 4.